The first-order valence-electron chi connectivity index (χ1n) is 6.99. The first-order chi connectivity index (χ1) is 10.3. The Balaban J connectivity index is 1.47. The minimum absolute atomic E-state index is 0.0651. The second-order valence-electron chi connectivity index (χ2n) is 5.14. The van der Waals surface area contributed by atoms with Crippen molar-refractivity contribution >= 4 is 22.4 Å². The quantitative estimate of drug-likeness (QED) is 0.932. The summed E-state index contributed by atoms with van der Waals surface area (Å²) in [6, 6.07) is 4.07. The van der Waals surface area contributed by atoms with Gasteiger partial charge in [-0.2, -0.15) is 0 Å². The number of likely N-dealkylation sites (tertiary alicyclic amines) is 1. The zero-order valence-electron chi connectivity index (χ0n) is 11.6. The monoisotopic (exact) mass is 303 g/mol. The smallest absolute Gasteiger partial charge is 0.229 e. The fourth-order valence-corrected chi connectivity index (χ4v) is 2.98. The molecule has 7 heteroatoms. The second-order valence-corrected chi connectivity index (χ2v) is 5.97. The molecule has 0 saturated carbocycles. The number of hydrogen-bond acceptors (Lipinski definition) is 6. The van der Waals surface area contributed by atoms with E-state index in [-0.39, 0.29) is 11.8 Å². The normalized spacial score (nSPS) is 16.8. The molecule has 2 aromatic rings. The Hall–Kier alpha value is -1.86. The van der Waals surface area contributed by atoms with E-state index in [0.717, 1.165) is 32.5 Å². The molecule has 0 unspecified atom stereocenters. The maximum Gasteiger partial charge on any atom is 0.229 e. The number of carbonyl (C=O) groups is 1. The molecule has 3 rings (SSSR count). The predicted octanol–water partition coefficient (Wildman–Crippen LogP) is 1.78. The molecule has 1 amide bonds. The minimum Gasteiger partial charge on any atom is -0.300 e. The molecule has 1 aliphatic heterocycles. The Labute approximate surface area is 127 Å². The molecule has 1 fully saturated rings. The van der Waals surface area contributed by atoms with Gasteiger partial charge < -0.3 is 5.32 Å². The molecule has 1 N–H and O–H groups in total. The Bertz CT molecular complexity index is 566. The standard InChI is InChI=1S/C14H17N5OS/c20-13(17-14-18-16-10-21-14)12-3-7-19(8-4-12)9-11-1-5-15-6-2-11/h1-2,5-6,10,12H,3-4,7-9H2,(H,17,18,20). The Morgan fingerprint density at radius 2 is 2.10 bits per heavy atom. The largest absolute Gasteiger partial charge is 0.300 e. The van der Waals surface area contributed by atoms with Crippen LogP contribution in [0.25, 0.3) is 0 Å². The van der Waals surface area contributed by atoms with Gasteiger partial charge in [0.05, 0.1) is 0 Å². The molecular weight excluding hydrogens is 286 g/mol. The van der Waals surface area contributed by atoms with Gasteiger partial charge in [-0.05, 0) is 43.6 Å². The lowest BCUT2D eigenvalue weighted by atomic mass is 9.95. The van der Waals surface area contributed by atoms with Crippen molar-refractivity contribution in [3.63, 3.8) is 0 Å². The summed E-state index contributed by atoms with van der Waals surface area (Å²) in [6.07, 6.45) is 5.40. The van der Waals surface area contributed by atoms with E-state index in [0.29, 0.717) is 5.13 Å². The van der Waals surface area contributed by atoms with Crippen molar-refractivity contribution in [1.29, 1.82) is 0 Å². The Kier molecular flexibility index (Phi) is 4.52. The van der Waals surface area contributed by atoms with E-state index >= 15 is 0 Å². The third-order valence-corrected chi connectivity index (χ3v) is 4.31. The summed E-state index contributed by atoms with van der Waals surface area (Å²) >= 11 is 1.35. The summed E-state index contributed by atoms with van der Waals surface area (Å²) in [5, 5.41) is 11.0. The van der Waals surface area contributed by atoms with E-state index in [9.17, 15) is 4.79 Å². The number of anilines is 1. The molecule has 3 heterocycles. The average molecular weight is 303 g/mol. The molecule has 0 radical (unpaired) electrons. The van der Waals surface area contributed by atoms with E-state index in [1.54, 1.807) is 5.51 Å². The molecule has 0 bridgehead atoms. The van der Waals surface area contributed by atoms with Gasteiger partial charge in [0.25, 0.3) is 0 Å². The third kappa shape index (κ3) is 3.83. The topological polar surface area (TPSA) is 71.0 Å². The summed E-state index contributed by atoms with van der Waals surface area (Å²) in [5.41, 5.74) is 2.88. The van der Waals surface area contributed by atoms with Crippen molar-refractivity contribution in [3.8, 4) is 0 Å². The number of piperidine rings is 1. The van der Waals surface area contributed by atoms with Crippen LogP contribution in [0.5, 0.6) is 0 Å². The van der Waals surface area contributed by atoms with Crippen LogP contribution in [0.1, 0.15) is 18.4 Å². The molecule has 0 aromatic carbocycles. The highest BCUT2D eigenvalue weighted by Crippen LogP contribution is 2.21. The van der Waals surface area contributed by atoms with E-state index in [4.69, 9.17) is 0 Å². The van der Waals surface area contributed by atoms with Crippen LogP contribution in [0.3, 0.4) is 0 Å². The average Bonchev–Trinajstić information content (AvgIpc) is 3.02. The summed E-state index contributed by atoms with van der Waals surface area (Å²) in [5.74, 6) is 0.137. The maximum atomic E-state index is 12.1. The number of pyridine rings is 1. The number of aromatic nitrogens is 3. The van der Waals surface area contributed by atoms with Gasteiger partial charge in [-0.15, -0.1) is 10.2 Å². The molecule has 21 heavy (non-hydrogen) atoms. The number of carbonyl (C=O) groups excluding carboxylic acids is 1. The van der Waals surface area contributed by atoms with E-state index < -0.39 is 0 Å². The summed E-state index contributed by atoms with van der Waals surface area (Å²) < 4.78 is 0. The van der Waals surface area contributed by atoms with Gasteiger partial charge in [0.2, 0.25) is 11.0 Å². The molecule has 1 aliphatic rings. The predicted molar refractivity (Wildman–Crippen MR) is 80.8 cm³/mol. The van der Waals surface area contributed by atoms with Gasteiger partial charge in [0.15, 0.2) is 0 Å². The van der Waals surface area contributed by atoms with Crippen molar-refractivity contribution < 1.29 is 4.79 Å². The zero-order valence-corrected chi connectivity index (χ0v) is 12.4. The minimum atomic E-state index is 0.0651. The van der Waals surface area contributed by atoms with Crippen molar-refractivity contribution in [2.24, 2.45) is 5.92 Å². The molecule has 0 aliphatic carbocycles. The van der Waals surface area contributed by atoms with Crippen LogP contribution in [0.15, 0.2) is 30.0 Å². The van der Waals surface area contributed by atoms with E-state index in [1.165, 1.54) is 16.9 Å². The van der Waals surface area contributed by atoms with Gasteiger partial charge in [0.1, 0.15) is 5.51 Å². The van der Waals surface area contributed by atoms with Crippen LogP contribution in [-0.4, -0.2) is 39.1 Å². The van der Waals surface area contributed by atoms with Gasteiger partial charge in [-0.1, -0.05) is 11.3 Å². The number of nitrogens with zero attached hydrogens (tertiary/aromatic N) is 4. The lowest BCUT2D eigenvalue weighted by Crippen LogP contribution is -2.37. The third-order valence-electron chi connectivity index (χ3n) is 3.70. The molecule has 110 valence electrons. The molecule has 6 nitrogen and oxygen atoms in total. The summed E-state index contributed by atoms with van der Waals surface area (Å²) in [4.78, 5) is 18.5. The molecule has 2 aromatic heterocycles. The summed E-state index contributed by atoms with van der Waals surface area (Å²) in [7, 11) is 0. The van der Waals surface area contributed by atoms with Crippen molar-refractivity contribution in [3.05, 3.63) is 35.6 Å². The number of rotatable bonds is 4. The lowest BCUT2D eigenvalue weighted by Gasteiger charge is -2.31. The van der Waals surface area contributed by atoms with Crippen molar-refractivity contribution in [1.82, 2.24) is 20.1 Å². The van der Waals surface area contributed by atoms with Gasteiger partial charge in [-0.25, -0.2) is 0 Å². The highest BCUT2D eigenvalue weighted by atomic mass is 32.1. The number of amides is 1. The fourth-order valence-electron chi connectivity index (χ4n) is 2.53. The highest BCUT2D eigenvalue weighted by molar-refractivity contribution is 7.13. The van der Waals surface area contributed by atoms with Crippen LogP contribution in [0, 0.1) is 5.92 Å². The highest BCUT2D eigenvalue weighted by Gasteiger charge is 2.25. The second kappa shape index (κ2) is 6.73. The van der Waals surface area contributed by atoms with Crippen LogP contribution < -0.4 is 5.32 Å². The van der Waals surface area contributed by atoms with Crippen LogP contribution in [0.2, 0.25) is 0 Å². The number of hydrogen-bond donors (Lipinski definition) is 1. The SMILES string of the molecule is O=C(Nc1nncs1)C1CCN(Cc2ccncc2)CC1. The van der Waals surface area contributed by atoms with Crippen LogP contribution >= 0.6 is 11.3 Å². The Morgan fingerprint density at radius 3 is 2.76 bits per heavy atom. The van der Waals surface area contributed by atoms with Crippen LogP contribution in [-0.2, 0) is 11.3 Å². The van der Waals surface area contributed by atoms with E-state index in [1.807, 2.05) is 24.5 Å². The van der Waals surface area contributed by atoms with Crippen LogP contribution in [0.4, 0.5) is 5.13 Å². The maximum absolute atomic E-state index is 12.1. The first-order valence-corrected chi connectivity index (χ1v) is 7.87. The van der Waals surface area contributed by atoms with Gasteiger partial charge >= 0.3 is 0 Å². The fraction of sp³-hybridized carbons (Fsp3) is 0.429. The number of nitrogens with one attached hydrogen (secondary N) is 1. The van der Waals surface area contributed by atoms with Gasteiger partial charge in [0, 0.05) is 24.9 Å². The molecular formula is C14H17N5OS. The zero-order chi connectivity index (χ0) is 14.5. The lowest BCUT2D eigenvalue weighted by molar-refractivity contribution is -0.121. The summed E-state index contributed by atoms with van der Waals surface area (Å²) in [6.45, 7) is 2.81. The Morgan fingerprint density at radius 1 is 1.33 bits per heavy atom. The molecule has 0 spiro atoms. The molecule has 0 atom stereocenters. The van der Waals surface area contributed by atoms with Crippen molar-refractivity contribution in [2.75, 3.05) is 18.4 Å². The molecule has 1 saturated heterocycles. The van der Waals surface area contributed by atoms with E-state index in [2.05, 4.69) is 25.4 Å². The first kappa shape index (κ1) is 14.1. The van der Waals surface area contributed by atoms with Gasteiger partial charge in [-0.3, -0.25) is 14.7 Å². The van der Waals surface area contributed by atoms with Crippen molar-refractivity contribution in [2.45, 2.75) is 19.4 Å².